The highest BCUT2D eigenvalue weighted by atomic mass is 35.5. The van der Waals surface area contributed by atoms with Crippen LogP contribution in [0.25, 0.3) is 10.9 Å². The van der Waals surface area contributed by atoms with Crippen LogP contribution in [-0.4, -0.2) is 17.2 Å². The smallest absolute Gasteiger partial charge is 0.137 e. The Morgan fingerprint density at radius 2 is 2.19 bits per heavy atom. The first-order chi connectivity index (χ1) is 7.63. The van der Waals surface area contributed by atoms with Crippen molar-refractivity contribution in [2.24, 2.45) is 0 Å². The molecule has 0 bridgehead atoms. The molecule has 1 aromatic heterocycles. The Hall–Kier alpha value is -1.32. The molecular formula is C12H12ClNO2. The van der Waals surface area contributed by atoms with E-state index in [1.807, 2.05) is 12.1 Å². The van der Waals surface area contributed by atoms with Crippen molar-refractivity contribution in [3.63, 3.8) is 0 Å². The number of fused-ring (bicyclic) bond motifs is 1. The van der Waals surface area contributed by atoms with E-state index < -0.39 is 6.10 Å². The molecule has 16 heavy (non-hydrogen) atoms. The molecule has 1 N–H and O–H groups in total. The van der Waals surface area contributed by atoms with Gasteiger partial charge in [-0.15, -0.1) is 0 Å². The summed E-state index contributed by atoms with van der Waals surface area (Å²) in [6.45, 7) is 1.68. The zero-order valence-electron chi connectivity index (χ0n) is 9.07. The predicted molar refractivity (Wildman–Crippen MR) is 63.9 cm³/mol. The van der Waals surface area contributed by atoms with E-state index in [-0.39, 0.29) is 0 Å². The van der Waals surface area contributed by atoms with E-state index in [0.717, 1.165) is 5.39 Å². The predicted octanol–water partition coefficient (Wildman–Crippen LogP) is 2.95. The largest absolute Gasteiger partial charge is 0.495 e. The Balaban J connectivity index is 2.67. The van der Waals surface area contributed by atoms with Crippen LogP contribution >= 0.6 is 11.6 Å². The van der Waals surface area contributed by atoms with Gasteiger partial charge in [-0.3, -0.25) is 4.98 Å². The number of aliphatic hydroxyl groups is 1. The van der Waals surface area contributed by atoms with Gasteiger partial charge >= 0.3 is 0 Å². The summed E-state index contributed by atoms with van der Waals surface area (Å²) in [6, 6.07) is 5.54. The third-order valence-corrected chi connectivity index (χ3v) is 2.88. The second-order valence-corrected chi connectivity index (χ2v) is 3.97. The molecule has 0 spiro atoms. The number of rotatable bonds is 2. The Labute approximate surface area is 98.6 Å². The summed E-state index contributed by atoms with van der Waals surface area (Å²) < 4.78 is 5.08. The molecule has 0 aliphatic carbocycles. The summed E-state index contributed by atoms with van der Waals surface area (Å²) in [5.74, 6) is 0.688. The number of nitrogens with zero attached hydrogens (tertiary/aromatic N) is 1. The molecule has 1 atom stereocenters. The number of aliphatic hydroxyl groups excluding tert-OH is 1. The molecule has 2 rings (SSSR count). The average Bonchev–Trinajstić information content (AvgIpc) is 2.28. The van der Waals surface area contributed by atoms with Gasteiger partial charge in [0.1, 0.15) is 5.75 Å². The minimum absolute atomic E-state index is 0.496. The van der Waals surface area contributed by atoms with E-state index in [4.69, 9.17) is 16.3 Å². The van der Waals surface area contributed by atoms with Gasteiger partial charge in [-0.1, -0.05) is 23.7 Å². The Morgan fingerprint density at radius 1 is 1.44 bits per heavy atom. The van der Waals surface area contributed by atoms with Gasteiger partial charge in [-0.05, 0) is 13.0 Å². The van der Waals surface area contributed by atoms with Crippen LogP contribution in [0.2, 0.25) is 5.02 Å². The molecule has 2 aromatic rings. The maximum atomic E-state index is 9.53. The molecule has 4 heteroatoms. The van der Waals surface area contributed by atoms with E-state index in [1.165, 1.54) is 0 Å². The van der Waals surface area contributed by atoms with Crippen LogP contribution in [0.3, 0.4) is 0 Å². The molecule has 3 nitrogen and oxygen atoms in total. The number of hydrogen-bond acceptors (Lipinski definition) is 3. The van der Waals surface area contributed by atoms with Crippen LogP contribution in [0.4, 0.5) is 0 Å². The molecule has 1 heterocycles. The van der Waals surface area contributed by atoms with Crippen molar-refractivity contribution >= 4 is 22.5 Å². The van der Waals surface area contributed by atoms with E-state index >= 15 is 0 Å². The fourth-order valence-electron chi connectivity index (χ4n) is 1.60. The number of pyridine rings is 1. The highest BCUT2D eigenvalue weighted by Crippen LogP contribution is 2.31. The van der Waals surface area contributed by atoms with E-state index in [9.17, 15) is 5.11 Å². The van der Waals surface area contributed by atoms with E-state index in [0.29, 0.717) is 21.9 Å². The fraction of sp³-hybridized carbons (Fsp3) is 0.250. The minimum atomic E-state index is -0.596. The van der Waals surface area contributed by atoms with Crippen molar-refractivity contribution in [1.29, 1.82) is 0 Å². The number of hydrogen-bond donors (Lipinski definition) is 1. The first kappa shape index (κ1) is 11.2. The van der Waals surface area contributed by atoms with Crippen LogP contribution in [0.15, 0.2) is 24.4 Å². The zero-order valence-corrected chi connectivity index (χ0v) is 9.82. The molecule has 0 saturated carbocycles. The van der Waals surface area contributed by atoms with Crippen molar-refractivity contribution in [3.05, 3.63) is 35.0 Å². The highest BCUT2D eigenvalue weighted by molar-refractivity contribution is 6.35. The summed E-state index contributed by atoms with van der Waals surface area (Å²) in [6.07, 6.45) is 1.01. The molecule has 0 fully saturated rings. The SMILES string of the molecule is COc1cnc2c(Cl)c(C(C)O)ccc2c1. The van der Waals surface area contributed by atoms with Crippen LogP contribution in [0.1, 0.15) is 18.6 Å². The first-order valence-corrected chi connectivity index (χ1v) is 5.31. The van der Waals surface area contributed by atoms with E-state index in [1.54, 1.807) is 26.3 Å². The molecule has 0 radical (unpaired) electrons. The normalized spacial score (nSPS) is 12.8. The van der Waals surface area contributed by atoms with Crippen molar-refractivity contribution < 1.29 is 9.84 Å². The summed E-state index contributed by atoms with van der Waals surface area (Å²) in [4.78, 5) is 4.23. The van der Waals surface area contributed by atoms with Gasteiger partial charge in [-0.2, -0.15) is 0 Å². The summed E-state index contributed by atoms with van der Waals surface area (Å²) in [5.41, 5.74) is 1.37. The van der Waals surface area contributed by atoms with Gasteiger partial charge in [0, 0.05) is 10.9 Å². The van der Waals surface area contributed by atoms with Gasteiger partial charge in [0.25, 0.3) is 0 Å². The van der Waals surface area contributed by atoms with Crippen LogP contribution < -0.4 is 4.74 Å². The molecular weight excluding hydrogens is 226 g/mol. The molecule has 84 valence electrons. The molecule has 1 aromatic carbocycles. The Bertz CT molecular complexity index is 526. The quantitative estimate of drug-likeness (QED) is 0.873. The number of methoxy groups -OCH3 is 1. The number of aromatic nitrogens is 1. The highest BCUT2D eigenvalue weighted by Gasteiger charge is 2.11. The van der Waals surface area contributed by atoms with Crippen molar-refractivity contribution in [2.45, 2.75) is 13.0 Å². The lowest BCUT2D eigenvalue weighted by molar-refractivity contribution is 0.199. The Kier molecular flexibility index (Phi) is 2.99. The van der Waals surface area contributed by atoms with Gasteiger partial charge in [0.2, 0.25) is 0 Å². The third-order valence-electron chi connectivity index (χ3n) is 2.48. The van der Waals surface area contributed by atoms with Crippen LogP contribution in [0, 0.1) is 0 Å². The standard InChI is InChI=1S/C12H12ClNO2/c1-7(15)10-4-3-8-5-9(16-2)6-14-12(8)11(10)13/h3-7,15H,1-2H3. The number of benzene rings is 1. The van der Waals surface area contributed by atoms with Crippen molar-refractivity contribution in [1.82, 2.24) is 4.98 Å². The van der Waals surface area contributed by atoms with Crippen molar-refractivity contribution in [2.75, 3.05) is 7.11 Å². The first-order valence-electron chi connectivity index (χ1n) is 4.93. The lowest BCUT2D eigenvalue weighted by atomic mass is 10.1. The average molecular weight is 238 g/mol. The number of ether oxygens (including phenoxy) is 1. The monoisotopic (exact) mass is 237 g/mol. The maximum Gasteiger partial charge on any atom is 0.137 e. The van der Waals surface area contributed by atoms with Gasteiger partial charge in [0.05, 0.1) is 29.9 Å². The van der Waals surface area contributed by atoms with Gasteiger partial charge in [-0.25, -0.2) is 0 Å². The molecule has 1 unspecified atom stereocenters. The fourth-order valence-corrected chi connectivity index (χ4v) is 1.97. The molecule has 0 aliphatic heterocycles. The Morgan fingerprint density at radius 3 is 2.81 bits per heavy atom. The van der Waals surface area contributed by atoms with Crippen LogP contribution in [-0.2, 0) is 0 Å². The zero-order chi connectivity index (χ0) is 11.7. The minimum Gasteiger partial charge on any atom is -0.495 e. The lowest BCUT2D eigenvalue weighted by Gasteiger charge is -2.10. The topological polar surface area (TPSA) is 42.4 Å². The maximum absolute atomic E-state index is 9.53. The third kappa shape index (κ3) is 1.84. The van der Waals surface area contributed by atoms with Crippen LogP contribution in [0.5, 0.6) is 5.75 Å². The lowest BCUT2D eigenvalue weighted by Crippen LogP contribution is -1.94. The molecule has 0 aliphatic rings. The summed E-state index contributed by atoms with van der Waals surface area (Å²) in [7, 11) is 1.59. The molecule has 0 saturated heterocycles. The number of halogens is 1. The van der Waals surface area contributed by atoms with Gasteiger partial charge < -0.3 is 9.84 Å². The second kappa shape index (κ2) is 4.28. The van der Waals surface area contributed by atoms with E-state index in [2.05, 4.69) is 4.98 Å². The van der Waals surface area contributed by atoms with Crippen molar-refractivity contribution in [3.8, 4) is 5.75 Å². The summed E-state index contributed by atoms with van der Waals surface area (Å²) in [5, 5.41) is 10.9. The summed E-state index contributed by atoms with van der Waals surface area (Å²) >= 11 is 6.17. The molecule has 0 amide bonds. The second-order valence-electron chi connectivity index (χ2n) is 3.59. The van der Waals surface area contributed by atoms with Gasteiger partial charge in [0.15, 0.2) is 0 Å².